The van der Waals surface area contributed by atoms with Gasteiger partial charge >= 0.3 is 0 Å². The molecule has 0 aromatic carbocycles. The molecule has 3 aliphatic rings. The van der Waals surface area contributed by atoms with Crippen LogP contribution in [0, 0.1) is 5.92 Å². The van der Waals surface area contributed by atoms with Crippen molar-refractivity contribution in [3.63, 3.8) is 0 Å². The van der Waals surface area contributed by atoms with E-state index in [9.17, 15) is 4.79 Å². The molecular formula is C17H19N3O2. The summed E-state index contributed by atoms with van der Waals surface area (Å²) in [7, 11) is 0. The Bertz CT molecular complexity index is 660. The van der Waals surface area contributed by atoms with Crippen LogP contribution in [0.2, 0.25) is 0 Å². The third-order valence-corrected chi connectivity index (χ3v) is 4.72. The van der Waals surface area contributed by atoms with Crippen molar-refractivity contribution in [2.45, 2.75) is 18.9 Å². The van der Waals surface area contributed by atoms with E-state index < -0.39 is 0 Å². The molecule has 22 heavy (non-hydrogen) atoms. The zero-order valence-electron chi connectivity index (χ0n) is 12.4. The number of aromatic nitrogens is 1. The Kier molecular flexibility index (Phi) is 3.42. The van der Waals surface area contributed by atoms with Crippen LogP contribution in [-0.2, 0) is 0 Å². The van der Waals surface area contributed by atoms with Crippen molar-refractivity contribution in [2.24, 2.45) is 5.92 Å². The summed E-state index contributed by atoms with van der Waals surface area (Å²) in [5.41, 5.74) is 0.740. The molecule has 5 heteroatoms. The second-order valence-electron chi connectivity index (χ2n) is 6.10. The Balaban J connectivity index is 1.46. The zero-order chi connectivity index (χ0) is 14.9. The number of piperidine rings is 3. The van der Waals surface area contributed by atoms with Crippen LogP contribution < -0.4 is 5.32 Å². The highest BCUT2D eigenvalue weighted by atomic mass is 16.4. The normalized spacial score (nSPS) is 26.8. The highest BCUT2D eigenvalue weighted by Crippen LogP contribution is 2.28. The molecule has 5 rings (SSSR count). The van der Waals surface area contributed by atoms with E-state index in [2.05, 4.69) is 15.2 Å². The van der Waals surface area contributed by atoms with Crippen LogP contribution in [0.15, 0.2) is 40.9 Å². The topological polar surface area (TPSA) is 58.4 Å². The molecule has 0 spiro atoms. The first-order valence-electron chi connectivity index (χ1n) is 7.84. The standard InChI is InChI=1S/C17H19N3O2/c21-17(19-14-11-20-9-6-12(14)7-10-20)16-5-4-15(22-16)13-3-1-2-8-18-13/h1-5,8,12,14H,6-7,9-11H2,(H,19,21)/t14-/m0/s1. The average molecular weight is 297 g/mol. The van der Waals surface area contributed by atoms with E-state index in [1.807, 2.05) is 18.2 Å². The third-order valence-electron chi connectivity index (χ3n) is 4.72. The van der Waals surface area contributed by atoms with Crippen LogP contribution >= 0.6 is 0 Å². The molecule has 2 aromatic rings. The largest absolute Gasteiger partial charge is 0.449 e. The van der Waals surface area contributed by atoms with Gasteiger partial charge in [-0.05, 0) is 56.1 Å². The number of amides is 1. The number of pyridine rings is 1. The van der Waals surface area contributed by atoms with Crippen molar-refractivity contribution in [2.75, 3.05) is 19.6 Å². The van der Waals surface area contributed by atoms with Crippen LogP contribution in [0.4, 0.5) is 0 Å². The number of nitrogens with zero attached hydrogens (tertiary/aromatic N) is 2. The summed E-state index contributed by atoms with van der Waals surface area (Å²) in [6.45, 7) is 3.30. The highest BCUT2D eigenvalue weighted by molar-refractivity contribution is 5.92. The van der Waals surface area contributed by atoms with Crippen molar-refractivity contribution < 1.29 is 9.21 Å². The first kappa shape index (κ1) is 13.5. The average Bonchev–Trinajstić information content (AvgIpc) is 3.07. The molecule has 5 nitrogen and oxygen atoms in total. The predicted octanol–water partition coefficient (Wildman–Crippen LogP) is 2.17. The maximum atomic E-state index is 12.4. The van der Waals surface area contributed by atoms with Gasteiger partial charge in [-0.1, -0.05) is 6.07 Å². The van der Waals surface area contributed by atoms with Crippen molar-refractivity contribution in [3.05, 3.63) is 42.3 Å². The second-order valence-corrected chi connectivity index (χ2v) is 6.10. The SMILES string of the molecule is O=C(N[C@H]1CN2CCC1CC2)c1ccc(-c2ccccn2)o1. The number of carbonyl (C=O) groups excluding carboxylic acids is 1. The third kappa shape index (κ3) is 2.52. The van der Waals surface area contributed by atoms with Gasteiger partial charge in [0.05, 0.1) is 0 Å². The quantitative estimate of drug-likeness (QED) is 0.943. The number of furan rings is 1. The van der Waals surface area contributed by atoms with Crippen LogP contribution in [-0.4, -0.2) is 41.5 Å². The first-order chi connectivity index (χ1) is 10.8. The van der Waals surface area contributed by atoms with Gasteiger partial charge in [-0.2, -0.15) is 0 Å². The van der Waals surface area contributed by atoms with E-state index in [1.165, 1.54) is 25.9 Å². The number of hydrogen-bond acceptors (Lipinski definition) is 4. The monoisotopic (exact) mass is 297 g/mol. The summed E-state index contributed by atoms with van der Waals surface area (Å²) in [5, 5.41) is 3.14. The maximum Gasteiger partial charge on any atom is 0.287 e. The van der Waals surface area contributed by atoms with Gasteiger partial charge in [-0.15, -0.1) is 0 Å². The molecule has 0 saturated carbocycles. The first-order valence-corrected chi connectivity index (χ1v) is 7.84. The summed E-state index contributed by atoms with van der Waals surface area (Å²) in [6, 6.07) is 9.40. The fourth-order valence-electron chi connectivity index (χ4n) is 3.47. The van der Waals surface area contributed by atoms with Crippen molar-refractivity contribution in [1.82, 2.24) is 15.2 Å². The molecule has 3 fully saturated rings. The van der Waals surface area contributed by atoms with Gasteiger partial charge in [0.1, 0.15) is 5.69 Å². The van der Waals surface area contributed by atoms with Gasteiger partial charge in [0.2, 0.25) is 0 Å². The Morgan fingerprint density at radius 2 is 2.09 bits per heavy atom. The van der Waals surface area contributed by atoms with E-state index in [1.54, 1.807) is 18.3 Å². The van der Waals surface area contributed by atoms with Crippen LogP contribution in [0.3, 0.4) is 0 Å². The Morgan fingerprint density at radius 1 is 1.23 bits per heavy atom. The summed E-state index contributed by atoms with van der Waals surface area (Å²) in [5.74, 6) is 1.47. The van der Waals surface area contributed by atoms with Gasteiger partial charge < -0.3 is 14.6 Å². The van der Waals surface area contributed by atoms with E-state index in [0.717, 1.165) is 12.2 Å². The van der Waals surface area contributed by atoms with E-state index in [-0.39, 0.29) is 11.9 Å². The van der Waals surface area contributed by atoms with Crippen molar-refractivity contribution in [3.8, 4) is 11.5 Å². The maximum absolute atomic E-state index is 12.4. The number of hydrogen-bond donors (Lipinski definition) is 1. The molecule has 3 saturated heterocycles. The van der Waals surface area contributed by atoms with Crippen LogP contribution in [0.1, 0.15) is 23.4 Å². The fourth-order valence-corrected chi connectivity index (χ4v) is 3.47. The number of fused-ring (bicyclic) bond motifs is 3. The van der Waals surface area contributed by atoms with Crippen LogP contribution in [0.25, 0.3) is 11.5 Å². The molecule has 1 N–H and O–H groups in total. The number of carbonyl (C=O) groups is 1. The molecule has 5 heterocycles. The molecule has 3 aliphatic heterocycles. The number of rotatable bonds is 3. The molecule has 0 aliphatic carbocycles. The minimum Gasteiger partial charge on any atom is -0.449 e. The molecule has 0 unspecified atom stereocenters. The minimum atomic E-state index is -0.124. The Morgan fingerprint density at radius 3 is 2.77 bits per heavy atom. The molecular weight excluding hydrogens is 278 g/mol. The lowest BCUT2D eigenvalue weighted by Gasteiger charge is -2.44. The Labute approximate surface area is 129 Å². The van der Waals surface area contributed by atoms with Crippen molar-refractivity contribution >= 4 is 5.91 Å². The summed E-state index contributed by atoms with van der Waals surface area (Å²) in [6.07, 6.45) is 4.08. The van der Waals surface area contributed by atoms with Gasteiger partial charge in [0.15, 0.2) is 11.5 Å². The Hall–Kier alpha value is -2.14. The molecule has 1 atom stereocenters. The van der Waals surface area contributed by atoms with Crippen molar-refractivity contribution in [1.29, 1.82) is 0 Å². The van der Waals surface area contributed by atoms with E-state index in [4.69, 9.17) is 4.42 Å². The van der Waals surface area contributed by atoms with E-state index >= 15 is 0 Å². The van der Waals surface area contributed by atoms with Gasteiger partial charge in [-0.3, -0.25) is 9.78 Å². The molecule has 0 radical (unpaired) electrons. The van der Waals surface area contributed by atoms with E-state index in [0.29, 0.717) is 17.4 Å². The summed E-state index contributed by atoms with van der Waals surface area (Å²) in [4.78, 5) is 19.0. The lowest BCUT2D eigenvalue weighted by atomic mass is 9.84. The zero-order valence-corrected chi connectivity index (χ0v) is 12.4. The number of nitrogens with one attached hydrogen (secondary N) is 1. The summed E-state index contributed by atoms with van der Waals surface area (Å²) >= 11 is 0. The molecule has 2 aromatic heterocycles. The smallest absolute Gasteiger partial charge is 0.287 e. The lowest BCUT2D eigenvalue weighted by Crippen LogP contribution is -2.57. The molecule has 1 amide bonds. The van der Waals surface area contributed by atoms with Gasteiger partial charge in [0.25, 0.3) is 5.91 Å². The minimum absolute atomic E-state index is 0.124. The predicted molar refractivity (Wildman–Crippen MR) is 82.4 cm³/mol. The second kappa shape index (κ2) is 5.57. The fraction of sp³-hybridized carbons (Fsp3) is 0.412. The summed E-state index contributed by atoms with van der Waals surface area (Å²) < 4.78 is 5.66. The van der Waals surface area contributed by atoms with Gasteiger partial charge in [0, 0.05) is 18.8 Å². The van der Waals surface area contributed by atoms with Crippen LogP contribution in [0.5, 0.6) is 0 Å². The van der Waals surface area contributed by atoms with Gasteiger partial charge in [-0.25, -0.2) is 0 Å². The highest BCUT2D eigenvalue weighted by Gasteiger charge is 2.35. The molecule has 2 bridgehead atoms. The molecule has 114 valence electrons. The lowest BCUT2D eigenvalue weighted by molar-refractivity contribution is 0.0606.